The van der Waals surface area contributed by atoms with Crippen LogP contribution in [0.2, 0.25) is 0 Å². The van der Waals surface area contributed by atoms with Gasteiger partial charge in [-0.2, -0.15) is 5.21 Å². The number of rotatable bonds is 6. The summed E-state index contributed by atoms with van der Waals surface area (Å²) >= 11 is 0. The SMILES string of the molecule is COc1ccc(-c2ccc(NC(=O)N[C@H]3CC[C@@H](C)CC3)cc2-c2nn[nH]n2)cc1OC. The van der Waals surface area contributed by atoms with Crippen LogP contribution in [-0.2, 0) is 0 Å². The van der Waals surface area contributed by atoms with Gasteiger partial charge < -0.3 is 20.1 Å². The lowest BCUT2D eigenvalue weighted by molar-refractivity contribution is 0.239. The van der Waals surface area contributed by atoms with Gasteiger partial charge in [0, 0.05) is 17.3 Å². The fourth-order valence-corrected chi connectivity index (χ4v) is 4.10. The molecule has 0 aliphatic heterocycles. The van der Waals surface area contributed by atoms with Crippen molar-refractivity contribution >= 4 is 11.7 Å². The Balaban J connectivity index is 1.59. The van der Waals surface area contributed by atoms with Gasteiger partial charge in [0.15, 0.2) is 11.5 Å². The molecule has 0 atom stereocenters. The number of aromatic amines is 1. The zero-order chi connectivity index (χ0) is 22.5. The molecule has 1 aliphatic rings. The first-order chi connectivity index (χ1) is 15.6. The first-order valence-corrected chi connectivity index (χ1v) is 10.7. The third-order valence-corrected chi connectivity index (χ3v) is 5.91. The molecule has 0 spiro atoms. The third-order valence-electron chi connectivity index (χ3n) is 5.91. The molecule has 1 heterocycles. The van der Waals surface area contributed by atoms with Crippen molar-refractivity contribution in [2.24, 2.45) is 5.92 Å². The molecule has 32 heavy (non-hydrogen) atoms. The number of aromatic nitrogens is 4. The maximum absolute atomic E-state index is 12.6. The highest BCUT2D eigenvalue weighted by atomic mass is 16.5. The second-order valence-corrected chi connectivity index (χ2v) is 8.12. The topological polar surface area (TPSA) is 114 Å². The molecule has 2 aromatic carbocycles. The lowest BCUT2D eigenvalue weighted by Gasteiger charge is -2.27. The van der Waals surface area contributed by atoms with E-state index in [1.807, 2.05) is 36.4 Å². The van der Waals surface area contributed by atoms with Crippen molar-refractivity contribution in [1.82, 2.24) is 25.9 Å². The largest absolute Gasteiger partial charge is 0.493 e. The molecule has 9 nitrogen and oxygen atoms in total. The first kappa shape index (κ1) is 21.6. The fraction of sp³-hybridized carbons (Fsp3) is 0.391. The predicted molar refractivity (Wildman–Crippen MR) is 122 cm³/mol. The van der Waals surface area contributed by atoms with E-state index in [-0.39, 0.29) is 12.1 Å². The molecule has 0 bridgehead atoms. The molecular formula is C23H28N6O3. The molecule has 0 unspecified atom stereocenters. The Morgan fingerprint density at radius 1 is 1.00 bits per heavy atom. The monoisotopic (exact) mass is 436 g/mol. The maximum atomic E-state index is 12.6. The number of amides is 2. The molecule has 2 amide bonds. The van der Waals surface area contributed by atoms with Crippen LogP contribution < -0.4 is 20.1 Å². The van der Waals surface area contributed by atoms with Crippen LogP contribution in [0.5, 0.6) is 11.5 Å². The van der Waals surface area contributed by atoms with Crippen LogP contribution in [0, 0.1) is 5.92 Å². The smallest absolute Gasteiger partial charge is 0.319 e. The lowest BCUT2D eigenvalue weighted by atomic mass is 9.87. The second kappa shape index (κ2) is 9.67. The standard InChI is InChI=1S/C23H28N6O3/c1-14-4-7-16(8-5-14)24-23(30)25-17-9-10-18(19(13-17)22-26-28-29-27-22)15-6-11-20(31-2)21(12-15)32-3/h6,9-14,16H,4-5,7-8H2,1-3H3,(H2,24,25,30)(H,26,27,28,29)/t14-,16+. The van der Waals surface area contributed by atoms with Gasteiger partial charge in [0.2, 0.25) is 5.82 Å². The Bertz CT molecular complexity index is 1060. The molecule has 168 valence electrons. The van der Waals surface area contributed by atoms with E-state index in [1.54, 1.807) is 14.2 Å². The minimum absolute atomic E-state index is 0.206. The summed E-state index contributed by atoms with van der Waals surface area (Å²) in [4.78, 5) is 12.6. The van der Waals surface area contributed by atoms with E-state index in [9.17, 15) is 4.79 Å². The molecule has 9 heteroatoms. The summed E-state index contributed by atoms with van der Waals surface area (Å²) in [6, 6.07) is 11.3. The van der Waals surface area contributed by atoms with E-state index in [4.69, 9.17) is 9.47 Å². The first-order valence-electron chi connectivity index (χ1n) is 10.7. The highest BCUT2D eigenvalue weighted by molar-refractivity contribution is 5.92. The Kier molecular flexibility index (Phi) is 6.53. The van der Waals surface area contributed by atoms with E-state index in [2.05, 4.69) is 38.2 Å². The van der Waals surface area contributed by atoms with E-state index in [0.29, 0.717) is 23.0 Å². The lowest BCUT2D eigenvalue weighted by Crippen LogP contribution is -2.39. The number of methoxy groups -OCH3 is 2. The summed E-state index contributed by atoms with van der Waals surface area (Å²) in [5.41, 5.74) is 3.15. The Labute approximate surface area is 186 Å². The number of ether oxygens (including phenoxy) is 2. The summed E-state index contributed by atoms with van der Waals surface area (Å²) in [6.45, 7) is 2.26. The fourth-order valence-electron chi connectivity index (χ4n) is 4.10. The molecule has 3 N–H and O–H groups in total. The van der Waals surface area contributed by atoms with Gasteiger partial charge in [0.25, 0.3) is 0 Å². The summed E-state index contributed by atoms with van der Waals surface area (Å²) in [5.74, 6) is 2.43. The van der Waals surface area contributed by atoms with Crippen LogP contribution in [0.4, 0.5) is 10.5 Å². The van der Waals surface area contributed by atoms with E-state index in [1.165, 1.54) is 0 Å². The average molecular weight is 437 g/mol. The maximum Gasteiger partial charge on any atom is 0.319 e. The Hall–Kier alpha value is -3.62. The van der Waals surface area contributed by atoms with Crippen molar-refractivity contribution in [3.05, 3.63) is 36.4 Å². The summed E-state index contributed by atoms with van der Waals surface area (Å²) < 4.78 is 10.8. The van der Waals surface area contributed by atoms with Gasteiger partial charge in [-0.15, -0.1) is 10.2 Å². The molecule has 1 aromatic heterocycles. The Morgan fingerprint density at radius 2 is 1.78 bits per heavy atom. The van der Waals surface area contributed by atoms with Gasteiger partial charge >= 0.3 is 6.03 Å². The number of tetrazole rings is 1. The van der Waals surface area contributed by atoms with Gasteiger partial charge in [-0.3, -0.25) is 0 Å². The predicted octanol–water partition coefficient (Wildman–Crippen LogP) is 4.25. The zero-order valence-electron chi connectivity index (χ0n) is 18.5. The van der Waals surface area contributed by atoms with Gasteiger partial charge in [-0.25, -0.2) is 4.79 Å². The summed E-state index contributed by atoms with van der Waals surface area (Å²) in [5, 5.41) is 20.5. The van der Waals surface area contributed by atoms with Crippen LogP contribution in [0.15, 0.2) is 36.4 Å². The average Bonchev–Trinajstić information content (AvgIpc) is 3.35. The number of benzene rings is 2. The minimum atomic E-state index is -0.206. The minimum Gasteiger partial charge on any atom is -0.493 e. The highest BCUT2D eigenvalue weighted by Crippen LogP contribution is 2.37. The van der Waals surface area contributed by atoms with Crippen molar-refractivity contribution in [2.75, 3.05) is 19.5 Å². The van der Waals surface area contributed by atoms with Gasteiger partial charge in [0.1, 0.15) is 0 Å². The number of urea groups is 1. The molecule has 1 saturated carbocycles. The van der Waals surface area contributed by atoms with Crippen LogP contribution in [0.25, 0.3) is 22.5 Å². The number of nitrogens with zero attached hydrogens (tertiary/aromatic N) is 3. The molecule has 1 aliphatic carbocycles. The molecular weight excluding hydrogens is 408 g/mol. The van der Waals surface area contributed by atoms with Crippen LogP contribution in [-0.4, -0.2) is 46.9 Å². The van der Waals surface area contributed by atoms with E-state index >= 15 is 0 Å². The number of carbonyl (C=O) groups is 1. The van der Waals surface area contributed by atoms with E-state index < -0.39 is 0 Å². The molecule has 0 saturated heterocycles. The zero-order valence-corrected chi connectivity index (χ0v) is 18.5. The number of nitrogens with one attached hydrogen (secondary N) is 3. The van der Waals surface area contributed by atoms with Gasteiger partial charge in [-0.05, 0) is 72.2 Å². The molecule has 1 fully saturated rings. The van der Waals surface area contributed by atoms with Gasteiger partial charge in [0.05, 0.1) is 14.2 Å². The van der Waals surface area contributed by atoms with Crippen LogP contribution in [0.3, 0.4) is 0 Å². The van der Waals surface area contributed by atoms with E-state index in [0.717, 1.165) is 48.3 Å². The number of hydrogen-bond donors (Lipinski definition) is 3. The van der Waals surface area contributed by atoms with Gasteiger partial charge in [-0.1, -0.05) is 19.1 Å². The number of carbonyl (C=O) groups excluding carboxylic acids is 1. The van der Waals surface area contributed by atoms with Crippen LogP contribution >= 0.6 is 0 Å². The van der Waals surface area contributed by atoms with Crippen molar-refractivity contribution in [3.63, 3.8) is 0 Å². The molecule has 4 rings (SSSR count). The second-order valence-electron chi connectivity index (χ2n) is 8.12. The number of H-pyrrole nitrogens is 1. The van der Waals surface area contributed by atoms with Crippen LogP contribution in [0.1, 0.15) is 32.6 Å². The quantitative estimate of drug-likeness (QED) is 0.532. The molecule has 0 radical (unpaired) electrons. The molecule has 3 aromatic rings. The van der Waals surface area contributed by atoms with Crippen molar-refractivity contribution in [3.8, 4) is 34.0 Å². The number of anilines is 1. The van der Waals surface area contributed by atoms with Crippen molar-refractivity contribution in [2.45, 2.75) is 38.6 Å². The number of hydrogen-bond acceptors (Lipinski definition) is 6. The summed E-state index contributed by atoms with van der Waals surface area (Å²) in [7, 11) is 3.20. The highest BCUT2D eigenvalue weighted by Gasteiger charge is 2.20. The van der Waals surface area contributed by atoms with Crippen molar-refractivity contribution < 1.29 is 14.3 Å². The summed E-state index contributed by atoms with van der Waals surface area (Å²) in [6.07, 6.45) is 4.32. The normalized spacial score (nSPS) is 18.1. The Morgan fingerprint density at radius 3 is 2.47 bits per heavy atom. The third kappa shape index (κ3) is 4.82. The van der Waals surface area contributed by atoms with Crippen molar-refractivity contribution in [1.29, 1.82) is 0 Å².